The Balaban J connectivity index is 2.21. The van der Waals surface area contributed by atoms with E-state index in [0.717, 1.165) is 25.7 Å². The van der Waals surface area contributed by atoms with Crippen LogP contribution in [0.1, 0.15) is 39.0 Å². The van der Waals surface area contributed by atoms with Gasteiger partial charge in [-0.2, -0.15) is 0 Å². The minimum Gasteiger partial charge on any atom is -0.392 e. The zero-order valence-corrected chi connectivity index (χ0v) is 11.8. The van der Waals surface area contributed by atoms with Gasteiger partial charge >= 0.3 is 6.03 Å². The zero-order chi connectivity index (χ0) is 14.3. The Bertz CT molecular complexity index is 302. The van der Waals surface area contributed by atoms with E-state index in [1.54, 1.807) is 18.9 Å². The lowest BCUT2D eigenvalue weighted by Crippen LogP contribution is -2.48. The number of imide groups is 1. The smallest absolute Gasteiger partial charge is 0.321 e. The van der Waals surface area contributed by atoms with Crippen LogP contribution in [0.25, 0.3) is 0 Å². The summed E-state index contributed by atoms with van der Waals surface area (Å²) in [6.45, 7) is 2.16. The van der Waals surface area contributed by atoms with E-state index in [1.807, 2.05) is 0 Å². The van der Waals surface area contributed by atoms with Gasteiger partial charge in [-0.05, 0) is 26.8 Å². The Morgan fingerprint density at radius 3 is 2.53 bits per heavy atom. The van der Waals surface area contributed by atoms with Crippen LogP contribution in [0.3, 0.4) is 0 Å². The number of amides is 3. The highest BCUT2D eigenvalue weighted by Gasteiger charge is 2.17. The summed E-state index contributed by atoms with van der Waals surface area (Å²) in [6, 6.07) is -0.223. The summed E-state index contributed by atoms with van der Waals surface area (Å²) in [5, 5.41) is 14.3. The monoisotopic (exact) mass is 271 g/mol. The largest absolute Gasteiger partial charge is 0.392 e. The van der Waals surface area contributed by atoms with Crippen molar-refractivity contribution in [2.24, 2.45) is 0 Å². The van der Waals surface area contributed by atoms with Crippen molar-refractivity contribution in [3.8, 4) is 0 Å². The first-order valence-electron chi connectivity index (χ1n) is 6.94. The van der Waals surface area contributed by atoms with Gasteiger partial charge in [0.1, 0.15) is 0 Å². The van der Waals surface area contributed by atoms with Crippen LogP contribution in [0, 0.1) is 0 Å². The Morgan fingerprint density at radius 1 is 1.32 bits per heavy atom. The van der Waals surface area contributed by atoms with Crippen molar-refractivity contribution in [3.63, 3.8) is 0 Å². The lowest BCUT2D eigenvalue weighted by atomic mass is 9.96. The van der Waals surface area contributed by atoms with Gasteiger partial charge in [-0.15, -0.1) is 0 Å². The number of rotatable bonds is 5. The van der Waals surface area contributed by atoms with Gasteiger partial charge in [0, 0.05) is 12.6 Å². The number of aliphatic hydroxyl groups is 1. The van der Waals surface area contributed by atoms with Crippen molar-refractivity contribution in [3.05, 3.63) is 0 Å². The maximum Gasteiger partial charge on any atom is 0.321 e. The van der Waals surface area contributed by atoms with E-state index in [4.69, 9.17) is 0 Å². The number of urea groups is 1. The SMILES string of the molecule is CC(O)CN(C)CC(=O)NC(=O)NC1CCCCC1. The van der Waals surface area contributed by atoms with Crippen LogP contribution in [-0.4, -0.2) is 54.2 Å². The fourth-order valence-electron chi connectivity index (χ4n) is 2.40. The molecule has 1 aliphatic rings. The van der Waals surface area contributed by atoms with E-state index < -0.39 is 12.1 Å². The standard InChI is InChI=1S/C13H25N3O3/c1-10(17)8-16(2)9-12(18)15-13(19)14-11-6-4-3-5-7-11/h10-11,17H,3-9H2,1-2H3,(H2,14,15,18,19). The fraction of sp³-hybridized carbons (Fsp3) is 0.846. The lowest BCUT2D eigenvalue weighted by Gasteiger charge is -2.23. The number of carbonyl (C=O) groups is 2. The third kappa shape index (κ3) is 7.12. The predicted molar refractivity (Wildman–Crippen MR) is 72.7 cm³/mol. The normalized spacial score (nSPS) is 18.1. The number of nitrogens with one attached hydrogen (secondary N) is 2. The quantitative estimate of drug-likeness (QED) is 0.678. The molecule has 3 amide bonds. The molecule has 3 N–H and O–H groups in total. The molecule has 0 aromatic rings. The third-order valence-corrected chi connectivity index (χ3v) is 3.18. The Labute approximate surface area is 114 Å². The molecule has 1 unspecified atom stereocenters. The summed E-state index contributed by atoms with van der Waals surface area (Å²) in [5.41, 5.74) is 0. The van der Waals surface area contributed by atoms with Gasteiger partial charge in [0.05, 0.1) is 12.6 Å². The molecular formula is C13H25N3O3. The molecule has 1 fully saturated rings. The molecule has 0 spiro atoms. The molecule has 110 valence electrons. The number of nitrogens with zero attached hydrogens (tertiary/aromatic N) is 1. The number of hydrogen-bond acceptors (Lipinski definition) is 4. The van der Waals surface area contributed by atoms with Crippen LogP contribution >= 0.6 is 0 Å². The van der Waals surface area contributed by atoms with Gasteiger partial charge in [0.2, 0.25) is 5.91 Å². The molecule has 1 atom stereocenters. The van der Waals surface area contributed by atoms with Crippen molar-refractivity contribution in [2.45, 2.75) is 51.2 Å². The molecule has 6 heteroatoms. The summed E-state index contributed by atoms with van der Waals surface area (Å²) in [5.74, 6) is -0.351. The molecule has 6 nitrogen and oxygen atoms in total. The van der Waals surface area contributed by atoms with Crippen LogP contribution in [0.5, 0.6) is 0 Å². The highest BCUT2D eigenvalue weighted by molar-refractivity contribution is 5.95. The molecule has 0 bridgehead atoms. The van der Waals surface area contributed by atoms with Gasteiger partial charge in [-0.25, -0.2) is 4.79 Å². The van der Waals surface area contributed by atoms with Crippen LogP contribution < -0.4 is 10.6 Å². The average Bonchev–Trinajstić information content (AvgIpc) is 2.28. The summed E-state index contributed by atoms with van der Waals surface area (Å²) in [4.78, 5) is 24.9. The second-order valence-electron chi connectivity index (χ2n) is 5.40. The molecule has 0 saturated heterocycles. The summed E-state index contributed by atoms with van der Waals surface area (Å²) >= 11 is 0. The number of hydrogen-bond donors (Lipinski definition) is 3. The summed E-state index contributed by atoms with van der Waals surface area (Å²) < 4.78 is 0. The van der Waals surface area contributed by atoms with E-state index in [2.05, 4.69) is 10.6 Å². The second kappa shape index (κ2) is 8.12. The van der Waals surface area contributed by atoms with E-state index in [0.29, 0.717) is 6.54 Å². The topological polar surface area (TPSA) is 81.7 Å². The van der Waals surface area contributed by atoms with Crippen LogP contribution in [-0.2, 0) is 4.79 Å². The highest BCUT2D eigenvalue weighted by atomic mass is 16.3. The summed E-state index contributed by atoms with van der Waals surface area (Å²) in [7, 11) is 1.73. The first kappa shape index (κ1) is 15.9. The van der Waals surface area contributed by atoms with Crippen molar-refractivity contribution < 1.29 is 14.7 Å². The van der Waals surface area contributed by atoms with Gasteiger partial charge in [-0.3, -0.25) is 15.0 Å². The maximum atomic E-state index is 11.6. The predicted octanol–water partition coefficient (Wildman–Crippen LogP) is 0.458. The fourth-order valence-corrected chi connectivity index (χ4v) is 2.40. The zero-order valence-electron chi connectivity index (χ0n) is 11.8. The molecular weight excluding hydrogens is 246 g/mol. The van der Waals surface area contributed by atoms with E-state index >= 15 is 0 Å². The van der Waals surface area contributed by atoms with Crippen LogP contribution in [0.2, 0.25) is 0 Å². The van der Waals surface area contributed by atoms with Gasteiger partial charge in [0.15, 0.2) is 0 Å². The highest BCUT2D eigenvalue weighted by Crippen LogP contribution is 2.16. The van der Waals surface area contributed by atoms with Crippen molar-refractivity contribution in [2.75, 3.05) is 20.1 Å². The van der Waals surface area contributed by atoms with E-state index in [-0.39, 0.29) is 18.5 Å². The Morgan fingerprint density at radius 2 is 1.95 bits per heavy atom. The molecule has 1 saturated carbocycles. The van der Waals surface area contributed by atoms with Gasteiger partial charge < -0.3 is 10.4 Å². The third-order valence-electron chi connectivity index (χ3n) is 3.18. The lowest BCUT2D eigenvalue weighted by molar-refractivity contribution is -0.121. The minimum absolute atomic E-state index is 0.100. The van der Waals surface area contributed by atoms with E-state index in [9.17, 15) is 14.7 Å². The van der Waals surface area contributed by atoms with Crippen molar-refractivity contribution >= 4 is 11.9 Å². The Kier molecular flexibility index (Phi) is 6.80. The molecule has 0 heterocycles. The van der Waals surface area contributed by atoms with Crippen molar-refractivity contribution in [1.29, 1.82) is 0 Å². The number of aliphatic hydroxyl groups excluding tert-OH is 1. The average molecular weight is 271 g/mol. The molecule has 0 aliphatic heterocycles. The molecule has 0 aromatic heterocycles. The van der Waals surface area contributed by atoms with Gasteiger partial charge in [0.25, 0.3) is 0 Å². The van der Waals surface area contributed by atoms with Crippen LogP contribution in [0.15, 0.2) is 0 Å². The van der Waals surface area contributed by atoms with E-state index in [1.165, 1.54) is 6.42 Å². The number of likely N-dealkylation sites (N-methyl/N-ethyl adjacent to an activating group) is 1. The van der Waals surface area contributed by atoms with Gasteiger partial charge in [-0.1, -0.05) is 19.3 Å². The molecule has 1 aliphatic carbocycles. The summed E-state index contributed by atoms with van der Waals surface area (Å²) in [6.07, 6.45) is 4.98. The molecule has 0 radical (unpaired) electrons. The molecule has 19 heavy (non-hydrogen) atoms. The minimum atomic E-state index is -0.492. The van der Waals surface area contributed by atoms with Crippen LogP contribution in [0.4, 0.5) is 4.79 Å². The first-order chi connectivity index (χ1) is 8.97. The van der Waals surface area contributed by atoms with Crippen molar-refractivity contribution in [1.82, 2.24) is 15.5 Å². The first-order valence-corrected chi connectivity index (χ1v) is 6.94. The Hall–Kier alpha value is -1.14. The molecule has 1 rings (SSSR count). The maximum absolute atomic E-state index is 11.6. The second-order valence-corrected chi connectivity index (χ2v) is 5.40. The molecule has 0 aromatic carbocycles. The number of carbonyl (C=O) groups excluding carboxylic acids is 2.